The van der Waals surface area contributed by atoms with Crippen LogP contribution in [0.4, 0.5) is 21.3 Å². The van der Waals surface area contributed by atoms with Crippen molar-refractivity contribution in [3.05, 3.63) is 57.1 Å². The number of nitrogens with one attached hydrogen (secondary N) is 2. The van der Waals surface area contributed by atoms with Gasteiger partial charge in [-0.15, -0.1) is 0 Å². The normalized spacial score (nSPS) is 10.5. The lowest BCUT2D eigenvalue weighted by molar-refractivity contribution is -0.384. The first-order chi connectivity index (χ1) is 11.0. The first-order valence-electron chi connectivity index (χ1n) is 6.40. The summed E-state index contributed by atoms with van der Waals surface area (Å²) in [7, 11) is 0. The number of nitro groups is 1. The molecule has 0 fully saturated rings. The largest absolute Gasteiger partial charge is 0.325 e. The minimum atomic E-state index is -0.466. The van der Waals surface area contributed by atoms with Crippen LogP contribution in [0.1, 0.15) is 0 Å². The van der Waals surface area contributed by atoms with Gasteiger partial charge in [-0.25, -0.2) is 9.78 Å². The molecule has 0 bridgehead atoms. The van der Waals surface area contributed by atoms with Crippen LogP contribution in [0.15, 0.2) is 46.9 Å². The molecule has 0 radical (unpaired) electrons. The van der Waals surface area contributed by atoms with Gasteiger partial charge in [-0.1, -0.05) is 33.3 Å². The topological polar surface area (TPSA) is 97.2 Å². The van der Waals surface area contributed by atoms with E-state index < -0.39 is 11.0 Å². The molecule has 1 aromatic heterocycles. The van der Waals surface area contributed by atoms with Crippen molar-refractivity contribution in [1.82, 2.24) is 4.98 Å². The van der Waals surface area contributed by atoms with Gasteiger partial charge >= 0.3 is 6.03 Å². The van der Waals surface area contributed by atoms with Gasteiger partial charge in [0.15, 0.2) is 5.13 Å². The number of non-ortho nitro benzene ring substituents is 1. The van der Waals surface area contributed by atoms with Gasteiger partial charge in [0.1, 0.15) is 0 Å². The zero-order chi connectivity index (χ0) is 16.4. The zero-order valence-electron chi connectivity index (χ0n) is 11.4. The molecule has 2 amide bonds. The molecular formula is C14H9BrN4O3S. The number of anilines is 2. The maximum absolute atomic E-state index is 12.0. The van der Waals surface area contributed by atoms with Crippen LogP contribution in [0.25, 0.3) is 10.2 Å². The molecule has 3 rings (SSSR count). The molecule has 9 heteroatoms. The summed E-state index contributed by atoms with van der Waals surface area (Å²) in [5, 5.41) is 16.4. The Kier molecular flexibility index (Phi) is 4.22. The van der Waals surface area contributed by atoms with Crippen molar-refractivity contribution in [2.24, 2.45) is 0 Å². The molecule has 0 aliphatic heterocycles. The van der Waals surface area contributed by atoms with Crippen molar-refractivity contribution in [3.8, 4) is 0 Å². The Labute approximate surface area is 142 Å². The van der Waals surface area contributed by atoms with Gasteiger partial charge < -0.3 is 5.32 Å². The Balaban J connectivity index is 1.75. The summed E-state index contributed by atoms with van der Waals surface area (Å²) in [5.41, 5.74) is 1.22. The van der Waals surface area contributed by atoms with Gasteiger partial charge in [0.25, 0.3) is 5.69 Å². The SMILES string of the molecule is O=C(Nc1cccc(Br)c1)Nc1nc2ccc([N+](=O)[O-])cc2s1. The number of aromatic nitrogens is 1. The van der Waals surface area contributed by atoms with Crippen LogP contribution >= 0.6 is 27.3 Å². The van der Waals surface area contributed by atoms with Crippen LogP contribution in [0.5, 0.6) is 0 Å². The molecule has 0 saturated carbocycles. The first-order valence-corrected chi connectivity index (χ1v) is 8.01. The molecule has 0 aliphatic carbocycles. The second kappa shape index (κ2) is 6.31. The van der Waals surface area contributed by atoms with Crippen molar-refractivity contribution < 1.29 is 9.72 Å². The average Bonchev–Trinajstić information content (AvgIpc) is 2.87. The smallest absolute Gasteiger partial charge is 0.308 e. The predicted octanol–water partition coefficient (Wildman–Crippen LogP) is 4.61. The van der Waals surface area contributed by atoms with Crippen molar-refractivity contribution in [2.45, 2.75) is 0 Å². The molecule has 3 aromatic rings. The summed E-state index contributed by atoms with van der Waals surface area (Å²) in [4.78, 5) is 26.5. The summed E-state index contributed by atoms with van der Waals surface area (Å²) in [6, 6.07) is 11.1. The third-order valence-corrected chi connectivity index (χ3v) is 4.31. The van der Waals surface area contributed by atoms with E-state index in [1.807, 2.05) is 6.07 Å². The number of thiazole rings is 1. The summed E-state index contributed by atoms with van der Waals surface area (Å²) in [6.07, 6.45) is 0. The molecule has 0 aliphatic rings. The first kappa shape index (κ1) is 15.4. The molecule has 0 atom stereocenters. The zero-order valence-corrected chi connectivity index (χ0v) is 13.8. The van der Waals surface area contributed by atoms with E-state index in [-0.39, 0.29) is 5.69 Å². The molecule has 2 aromatic carbocycles. The quantitative estimate of drug-likeness (QED) is 0.502. The Morgan fingerprint density at radius 2 is 2.04 bits per heavy atom. The van der Waals surface area contributed by atoms with E-state index >= 15 is 0 Å². The maximum Gasteiger partial charge on any atom is 0.325 e. The number of nitro benzene ring substituents is 1. The van der Waals surface area contributed by atoms with Gasteiger partial charge in [-0.2, -0.15) is 0 Å². The summed E-state index contributed by atoms with van der Waals surface area (Å²) in [5.74, 6) is 0. The predicted molar refractivity (Wildman–Crippen MR) is 93.1 cm³/mol. The fourth-order valence-electron chi connectivity index (χ4n) is 1.91. The number of nitrogens with zero attached hydrogens (tertiary/aromatic N) is 2. The third kappa shape index (κ3) is 3.63. The molecule has 1 heterocycles. The Morgan fingerprint density at radius 1 is 1.22 bits per heavy atom. The van der Waals surface area contributed by atoms with E-state index in [2.05, 4.69) is 31.5 Å². The third-order valence-electron chi connectivity index (χ3n) is 2.89. The van der Waals surface area contributed by atoms with E-state index in [0.29, 0.717) is 21.0 Å². The van der Waals surface area contributed by atoms with Gasteiger partial charge in [-0.3, -0.25) is 15.4 Å². The molecule has 23 heavy (non-hydrogen) atoms. The van der Waals surface area contributed by atoms with Gasteiger partial charge in [-0.05, 0) is 24.3 Å². The van der Waals surface area contributed by atoms with Gasteiger partial charge in [0.05, 0.1) is 15.1 Å². The number of hydrogen-bond donors (Lipinski definition) is 2. The molecule has 2 N–H and O–H groups in total. The van der Waals surface area contributed by atoms with Gasteiger partial charge in [0.2, 0.25) is 0 Å². The molecule has 0 spiro atoms. The van der Waals surface area contributed by atoms with Crippen LogP contribution in [0.2, 0.25) is 0 Å². The highest BCUT2D eigenvalue weighted by Gasteiger charge is 2.12. The fraction of sp³-hybridized carbons (Fsp3) is 0. The number of fused-ring (bicyclic) bond motifs is 1. The van der Waals surface area contributed by atoms with Crippen LogP contribution in [0, 0.1) is 10.1 Å². The number of amides is 2. The van der Waals surface area contributed by atoms with Crippen molar-refractivity contribution in [2.75, 3.05) is 10.6 Å². The molecular weight excluding hydrogens is 384 g/mol. The minimum Gasteiger partial charge on any atom is -0.308 e. The molecule has 0 unspecified atom stereocenters. The Bertz CT molecular complexity index is 912. The monoisotopic (exact) mass is 392 g/mol. The van der Waals surface area contributed by atoms with Crippen molar-refractivity contribution in [3.63, 3.8) is 0 Å². The van der Waals surface area contributed by atoms with E-state index in [0.717, 1.165) is 4.47 Å². The van der Waals surface area contributed by atoms with E-state index in [1.165, 1.54) is 23.5 Å². The van der Waals surface area contributed by atoms with Crippen LogP contribution < -0.4 is 10.6 Å². The number of carbonyl (C=O) groups excluding carboxylic acids is 1. The second-order valence-corrected chi connectivity index (χ2v) is 6.46. The van der Waals surface area contributed by atoms with Gasteiger partial charge in [0, 0.05) is 22.3 Å². The van der Waals surface area contributed by atoms with Crippen molar-refractivity contribution in [1.29, 1.82) is 0 Å². The number of benzene rings is 2. The highest BCUT2D eigenvalue weighted by Crippen LogP contribution is 2.29. The summed E-state index contributed by atoms with van der Waals surface area (Å²) < 4.78 is 1.49. The average molecular weight is 393 g/mol. The lowest BCUT2D eigenvalue weighted by atomic mass is 10.3. The highest BCUT2D eigenvalue weighted by atomic mass is 79.9. The highest BCUT2D eigenvalue weighted by molar-refractivity contribution is 9.10. The second-order valence-electron chi connectivity index (χ2n) is 4.52. The Hall–Kier alpha value is -2.52. The number of halogens is 1. The molecule has 7 nitrogen and oxygen atoms in total. The number of urea groups is 1. The Morgan fingerprint density at radius 3 is 2.78 bits per heavy atom. The van der Waals surface area contributed by atoms with Crippen LogP contribution in [-0.2, 0) is 0 Å². The standard InChI is InChI=1S/C14H9BrN4O3S/c15-8-2-1-3-9(6-8)16-13(20)18-14-17-11-5-4-10(19(21)22)7-12(11)23-14/h1-7H,(H2,16,17,18,20). The maximum atomic E-state index is 12.0. The van der Waals surface area contributed by atoms with Crippen LogP contribution in [0.3, 0.4) is 0 Å². The lowest BCUT2D eigenvalue weighted by Crippen LogP contribution is -2.19. The lowest BCUT2D eigenvalue weighted by Gasteiger charge is -2.05. The molecule has 0 saturated heterocycles. The molecule has 116 valence electrons. The summed E-state index contributed by atoms with van der Waals surface area (Å²) in [6.45, 7) is 0. The van der Waals surface area contributed by atoms with E-state index in [9.17, 15) is 14.9 Å². The van der Waals surface area contributed by atoms with Crippen LogP contribution in [-0.4, -0.2) is 15.9 Å². The minimum absolute atomic E-state index is 0.00807. The summed E-state index contributed by atoms with van der Waals surface area (Å²) >= 11 is 4.50. The fourth-order valence-corrected chi connectivity index (χ4v) is 3.20. The van der Waals surface area contributed by atoms with E-state index in [4.69, 9.17) is 0 Å². The number of rotatable bonds is 3. The van der Waals surface area contributed by atoms with Crippen molar-refractivity contribution >= 4 is 60.0 Å². The van der Waals surface area contributed by atoms with E-state index in [1.54, 1.807) is 24.3 Å². The number of hydrogen-bond acceptors (Lipinski definition) is 5. The number of carbonyl (C=O) groups is 1.